The van der Waals surface area contributed by atoms with Crippen molar-refractivity contribution in [2.24, 2.45) is 0 Å². The van der Waals surface area contributed by atoms with Crippen LogP contribution in [0, 0.1) is 6.92 Å². The number of carboxylic acid groups (broad SMARTS) is 1. The van der Waals surface area contributed by atoms with Crippen LogP contribution in [-0.2, 0) is 9.59 Å². The van der Waals surface area contributed by atoms with Gasteiger partial charge < -0.3 is 14.6 Å². The number of carbonyl (C=O) groups excluding carboxylic acids is 2. The summed E-state index contributed by atoms with van der Waals surface area (Å²) in [5.74, 6) is -0.563. The highest BCUT2D eigenvalue weighted by Gasteiger charge is 2.32. The number of rotatable bonds is 9. The summed E-state index contributed by atoms with van der Waals surface area (Å²) in [5.41, 5.74) is 4.28. The Bertz CT molecular complexity index is 1300. The molecule has 0 unspecified atom stereocenters. The Morgan fingerprint density at radius 1 is 1.23 bits per heavy atom. The second-order valence-corrected chi connectivity index (χ2v) is 9.61. The second kappa shape index (κ2) is 10.9. The van der Waals surface area contributed by atoms with E-state index in [1.165, 1.54) is 16.7 Å². The van der Waals surface area contributed by atoms with Gasteiger partial charge in [-0.3, -0.25) is 9.69 Å². The van der Waals surface area contributed by atoms with Crippen LogP contribution in [0.1, 0.15) is 30.9 Å². The fourth-order valence-electron chi connectivity index (χ4n) is 3.76. The number of amides is 1. The van der Waals surface area contributed by atoms with Gasteiger partial charge in [-0.1, -0.05) is 42.2 Å². The van der Waals surface area contributed by atoms with E-state index < -0.39 is 5.97 Å². The molecule has 7 nitrogen and oxygen atoms in total. The van der Waals surface area contributed by atoms with E-state index in [1.54, 1.807) is 10.8 Å². The lowest BCUT2D eigenvalue weighted by Gasteiger charge is -2.14. The van der Waals surface area contributed by atoms with E-state index in [-0.39, 0.29) is 25.3 Å². The highest BCUT2D eigenvalue weighted by Crippen LogP contribution is 2.35. The number of carboxylic acids is 1. The van der Waals surface area contributed by atoms with Gasteiger partial charge in [0.25, 0.3) is 5.91 Å². The van der Waals surface area contributed by atoms with Gasteiger partial charge in [-0.2, -0.15) is 5.10 Å². The van der Waals surface area contributed by atoms with E-state index in [0.29, 0.717) is 15.8 Å². The maximum absolute atomic E-state index is 13.0. The average Bonchev–Trinajstić information content (AvgIpc) is 3.37. The predicted octanol–water partition coefficient (Wildman–Crippen LogP) is 3.98. The zero-order valence-electron chi connectivity index (χ0n) is 19.4. The Hall–Kier alpha value is -3.43. The Morgan fingerprint density at radius 3 is 2.69 bits per heavy atom. The van der Waals surface area contributed by atoms with E-state index in [2.05, 4.69) is 0 Å². The Morgan fingerprint density at radius 2 is 2.00 bits per heavy atom. The van der Waals surface area contributed by atoms with Gasteiger partial charge in [-0.25, -0.2) is 4.68 Å². The van der Waals surface area contributed by atoms with Crippen molar-refractivity contribution in [1.82, 2.24) is 14.7 Å². The lowest BCUT2D eigenvalue weighted by Crippen LogP contribution is -2.30. The summed E-state index contributed by atoms with van der Waals surface area (Å²) in [7, 11) is 0. The standard InChI is InChI=1S/C26H25N3O4S2/c1-3-33-21-12-11-18(14-17(21)2)24-19(16-29(27-24)20-8-5-4-6-9-20)15-22-25(32)28(26(34)35-22)13-7-10-23(30)31/h4-6,8-9,11-12,14-16H,3,7,10,13H2,1-2H3,(H,30,31)/p-1/b22-15-. The third-order valence-corrected chi connectivity index (χ3v) is 6.81. The van der Waals surface area contributed by atoms with Gasteiger partial charge >= 0.3 is 0 Å². The maximum atomic E-state index is 13.0. The molecule has 1 fully saturated rings. The SMILES string of the molecule is CCOc1ccc(-c2nn(-c3ccccc3)cc2/C=C2\SC(=S)N(CCCC(=O)[O-])C2=O)cc1C. The molecule has 9 heteroatoms. The first-order chi connectivity index (χ1) is 16.9. The number of para-hydroxylation sites is 1. The quantitative estimate of drug-likeness (QED) is 0.320. The van der Waals surface area contributed by atoms with Gasteiger partial charge in [0.2, 0.25) is 0 Å². The molecule has 0 radical (unpaired) electrons. The Labute approximate surface area is 213 Å². The van der Waals surface area contributed by atoms with Crippen LogP contribution in [0.4, 0.5) is 0 Å². The lowest BCUT2D eigenvalue weighted by atomic mass is 10.0. The van der Waals surface area contributed by atoms with Gasteiger partial charge in [-0.15, -0.1) is 0 Å². The molecule has 0 N–H and O–H groups in total. The van der Waals surface area contributed by atoms with Gasteiger partial charge in [0.15, 0.2) is 0 Å². The monoisotopic (exact) mass is 506 g/mol. The molecule has 35 heavy (non-hydrogen) atoms. The first-order valence-corrected chi connectivity index (χ1v) is 12.4. The van der Waals surface area contributed by atoms with Crippen molar-refractivity contribution in [3.8, 4) is 22.7 Å². The highest BCUT2D eigenvalue weighted by molar-refractivity contribution is 8.26. The van der Waals surface area contributed by atoms with Crippen molar-refractivity contribution < 1.29 is 19.4 Å². The molecule has 0 atom stereocenters. The number of hydrogen-bond donors (Lipinski definition) is 0. The lowest BCUT2D eigenvalue weighted by molar-refractivity contribution is -0.305. The molecule has 1 aliphatic heterocycles. The van der Waals surface area contributed by atoms with E-state index >= 15 is 0 Å². The second-order valence-electron chi connectivity index (χ2n) is 7.94. The van der Waals surface area contributed by atoms with Gasteiger partial charge in [0.1, 0.15) is 15.8 Å². The fourth-order valence-corrected chi connectivity index (χ4v) is 5.06. The first-order valence-electron chi connectivity index (χ1n) is 11.2. The molecular weight excluding hydrogens is 482 g/mol. The molecule has 4 rings (SSSR count). The number of benzene rings is 2. The summed E-state index contributed by atoms with van der Waals surface area (Å²) in [6.45, 7) is 4.75. The van der Waals surface area contributed by atoms with Crippen molar-refractivity contribution in [3.05, 3.63) is 70.8 Å². The number of ether oxygens (including phenoxy) is 1. The Balaban J connectivity index is 1.71. The van der Waals surface area contributed by atoms with E-state index in [4.69, 9.17) is 22.1 Å². The van der Waals surface area contributed by atoms with Gasteiger partial charge in [0.05, 0.1) is 17.2 Å². The molecule has 3 aromatic rings. The number of hydrogen-bond acceptors (Lipinski definition) is 7. The molecular formula is C26H24N3O4S2-. The third kappa shape index (κ3) is 5.63. The maximum Gasteiger partial charge on any atom is 0.266 e. The summed E-state index contributed by atoms with van der Waals surface area (Å²) in [4.78, 5) is 25.7. The van der Waals surface area contributed by atoms with Crippen molar-refractivity contribution >= 4 is 46.3 Å². The summed E-state index contributed by atoms with van der Waals surface area (Å²) >= 11 is 6.59. The number of thiocarbonyl (C=S) groups is 1. The summed E-state index contributed by atoms with van der Waals surface area (Å²) in [6, 6.07) is 15.6. The third-order valence-electron chi connectivity index (χ3n) is 5.43. The van der Waals surface area contributed by atoms with Crippen molar-refractivity contribution in [2.75, 3.05) is 13.2 Å². The number of aryl methyl sites for hydroxylation is 1. The van der Waals surface area contributed by atoms with Crippen LogP contribution in [0.3, 0.4) is 0 Å². The van der Waals surface area contributed by atoms with Crippen molar-refractivity contribution in [2.45, 2.75) is 26.7 Å². The van der Waals surface area contributed by atoms with Crippen molar-refractivity contribution in [3.63, 3.8) is 0 Å². The smallest absolute Gasteiger partial charge is 0.266 e. The van der Waals surface area contributed by atoms with Crippen LogP contribution in [0.15, 0.2) is 59.6 Å². The molecule has 1 aliphatic rings. The first kappa shape index (κ1) is 24.7. The minimum absolute atomic E-state index is 0.124. The number of carbonyl (C=O) groups is 2. The van der Waals surface area contributed by atoms with Crippen LogP contribution in [0.25, 0.3) is 23.0 Å². The van der Waals surface area contributed by atoms with E-state index in [0.717, 1.165) is 33.8 Å². The molecule has 180 valence electrons. The van der Waals surface area contributed by atoms with Crippen LogP contribution in [-0.4, -0.2) is 44.0 Å². The molecule has 1 amide bonds. The fraction of sp³-hybridized carbons (Fsp3) is 0.231. The molecule has 1 saturated heterocycles. The molecule has 0 aliphatic carbocycles. The Kier molecular flexibility index (Phi) is 7.67. The largest absolute Gasteiger partial charge is 0.550 e. The van der Waals surface area contributed by atoms with Gasteiger partial charge in [-0.05, 0) is 68.7 Å². The zero-order valence-corrected chi connectivity index (χ0v) is 21.0. The summed E-state index contributed by atoms with van der Waals surface area (Å²) in [6.07, 6.45) is 3.84. The number of aliphatic carboxylic acids is 1. The zero-order chi connectivity index (χ0) is 24.9. The topological polar surface area (TPSA) is 87.5 Å². The molecule has 0 bridgehead atoms. The average molecular weight is 507 g/mol. The van der Waals surface area contributed by atoms with Gasteiger partial charge in [0, 0.05) is 29.8 Å². The number of aromatic nitrogens is 2. The highest BCUT2D eigenvalue weighted by atomic mass is 32.2. The minimum Gasteiger partial charge on any atom is -0.550 e. The van der Waals surface area contributed by atoms with Crippen LogP contribution in [0.2, 0.25) is 0 Å². The normalized spacial score (nSPS) is 14.7. The van der Waals surface area contributed by atoms with Crippen LogP contribution >= 0.6 is 24.0 Å². The number of thioether (sulfide) groups is 1. The predicted molar refractivity (Wildman–Crippen MR) is 139 cm³/mol. The van der Waals surface area contributed by atoms with E-state index in [1.807, 2.05) is 68.6 Å². The summed E-state index contributed by atoms with van der Waals surface area (Å²) in [5, 5.41) is 15.6. The van der Waals surface area contributed by atoms with Crippen LogP contribution in [0.5, 0.6) is 5.75 Å². The molecule has 2 aromatic carbocycles. The molecule has 0 spiro atoms. The minimum atomic E-state index is -1.14. The number of nitrogens with zero attached hydrogens (tertiary/aromatic N) is 3. The molecule has 2 heterocycles. The molecule has 1 aromatic heterocycles. The van der Waals surface area contributed by atoms with Crippen molar-refractivity contribution in [1.29, 1.82) is 0 Å². The summed E-state index contributed by atoms with van der Waals surface area (Å²) < 4.78 is 7.87. The molecule has 0 saturated carbocycles. The van der Waals surface area contributed by atoms with E-state index in [9.17, 15) is 14.7 Å². The van der Waals surface area contributed by atoms with Crippen LogP contribution < -0.4 is 9.84 Å².